The topological polar surface area (TPSA) is 27.1 Å². The number of ether oxygens (including phenoxy) is 1. The molecule has 0 aliphatic rings. The molecule has 0 unspecified atom stereocenters. The number of hydrogen-bond donors (Lipinski definition) is 0. The predicted molar refractivity (Wildman–Crippen MR) is 84.4 cm³/mol. The second-order valence-electron chi connectivity index (χ2n) is 4.49. The molecule has 0 saturated heterocycles. The summed E-state index contributed by atoms with van der Waals surface area (Å²) in [6.45, 7) is 0.382. The molecule has 0 aliphatic carbocycles. The number of para-hydroxylation sites is 1. The van der Waals surface area contributed by atoms with Crippen LogP contribution in [-0.2, 0) is 6.61 Å². The Labute approximate surface area is 132 Å². The average molecular weight is 319 g/mol. The van der Waals surface area contributed by atoms with Crippen LogP contribution in [0.3, 0.4) is 0 Å². The van der Waals surface area contributed by atoms with Gasteiger partial charge in [0.15, 0.2) is 0 Å². The summed E-state index contributed by atoms with van der Waals surface area (Å²) < 4.78 is 7.49. The van der Waals surface area contributed by atoms with E-state index in [0.29, 0.717) is 22.4 Å². The summed E-state index contributed by atoms with van der Waals surface area (Å²) in [6.07, 6.45) is 3.69. The molecule has 3 nitrogen and oxygen atoms in total. The minimum absolute atomic E-state index is 0.382. The lowest BCUT2D eigenvalue weighted by atomic mass is 10.3. The molecular formula is C16H12Cl2N2O. The molecule has 106 valence electrons. The number of nitrogens with zero attached hydrogens (tertiary/aromatic N) is 2. The molecule has 1 heterocycles. The van der Waals surface area contributed by atoms with E-state index in [-0.39, 0.29) is 0 Å². The number of benzene rings is 2. The van der Waals surface area contributed by atoms with Gasteiger partial charge in [0.1, 0.15) is 12.4 Å². The summed E-state index contributed by atoms with van der Waals surface area (Å²) in [6, 6.07) is 15.0. The molecular weight excluding hydrogens is 307 g/mol. The van der Waals surface area contributed by atoms with Crippen molar-refractivity contribution in [2.45, 2.75) is 6.61 Å². The number of rotatable bonds is 4. The number of aromatic nitrogens is 2. The van der Waals surface area contributed by atoms with E-state index < -0.39 is 0 Å². The molecule has 2 aromatic carbocycles. The van der Waals surface area contributed by atoms with Crippen LogP contribution < -0.4 is 4.74 Å². The van der Waals surface area contributed by atoms with E-state index in [4.69, 9.17) is 27.9 Å². The summed E-state index contributed by atoms with van der Waals surface area (Å²) >= 11 is 12.0. The highest BCUT2D eigenvalue weighted by Crippen LogP contribution is 2.28. The average Bonchev–Trinajstić information content (AvgIpc) is 2.98. The van der Waals surface area contributed by atoms with Crippen LogP contribution >= 0.6 is 23.2 Å². The van der Waals surface area contributed by atoms with E-state index in [1.165, 1.54) is 0 Å². The van der Waals surface area contributed by atoms with Gasteiger partial charge in [-0.15, -0.1) is 0 Å². The Morgan fingerprint density at radius 2 is 1.86 bits per heavy atom. The van der Waals surface area contributed by atoms with Gasteiger partial charge in [-0.2, -0.15) is 5.10 Å². The summed E-state index contributed by atoms with van der Waals surface area (Å²) in [5, 5.41) is 5.45. The molecule has 0 spiro atoms. The first-order valence-corrected chi connectivity index (χ1v) is 7.15. The summed E-state index contributed by atoms with van der Waals surface area (Å²) in [5.74, 6) is 0.566. The lowest BCUT2D eigenvalue weighted by Crippen LogP contribution is -1.95. The van der Waals surface area contributed by atoms with E-state index in [9.17, 15) is 0 Å². The minimum atomic E-state index is 0.382. The van der Waals surface area contributed by atoms with Crippen LogP contribution in [0.25, 0.3) is 5.69 Å². The molecule has 3 rings (SSSR count). The first-order chi connectivity index (χ1) is 10.2. The van der Waals surface area contributed by atoms with Crippen LogP contribution in [0.15, 0.2) is 60.9 Å². The van der Waals surface area contributed by atoms with Gasteiger partial charge in [-0.3, -0.25) is 0 Å². The van der Waals surface area contributed by atoms with E-state index in [1.54, 1.807) is 29.1 Å². The SMILES string of the molecule is Clc1ccc(Cl)c(OCc2cnn(-c3ccccc3)c2)c1. The van der Waals surface area contributed by atoms with Gasteiger partial charge < -0.3 is 4.74 Å². The van der Waals surface area contributed by atoms with Gasteiger partial charge >= 0.3 is 0 Å². The monoisotopic (exact) mass is 318 g/mol. The van der Waals surface area contributed by atoms with Crippen molar-refractivity contribution in [3.05, 3.63) is 76.5 Å². The van der Waals surface area contributed by atoms with Crippen LogP contribution in [0.5, 0.6) is 5.75 Å². The highest BCUT2D eigenvalue weighted by atomic mass is 35.5. The van der Waals surface area contributed by atoms with Crippen molar-refractivity contribution in [1.82, 2.24) is 9.78 Å². The third-order valence-electron chi connectivity index (χ3n) is 2.94. The molecule has 1 aromatic heterocycles. The van der Waals surface area contributed by atoms with Gasteiger partial charge in [0.2, 0.25) is 0 Å². The van der Waals surface area contributed by atoms with E-state index in [0.717, 1.165) is 11.3 Å². The largest absolute Gasteiger partial charge is 0.487 e. The fourth-order valence-corrected chi connectivity index (χ4v) is 2.24. The number of hydrogen-bond acceptors (Lipinski definition) is 2. The summed E-state index contributed by atoms with van der Waals surface area (Å²) in [7, 11) is 0. The van der Waals surface area contributed by atoms with Crippen molar-refractivity contribution in [1.29, 1.82) is 0 Å². The van der Waals surface area contributed by atoms with Crippen molar-refractivity contribution in [2.75, 3.05) is 0 Å². The maximum absolute atomic E-state index is 6.06. The molecule has 5 heteroatoms. The third-order valence-corrected chi connectivity index (χ3v) is 3.49. The predicted octanol–water partition coefficient (Wildman–Crippen LogP) is 4.76. The number of halogens is 2. The zero-order valence-electron chi connectivity index (χ0n) is 11.0. The zero-order valence-corrected chi connectivity index (χ0v) is 12.6. The van der Waals surface area contributed by atoms with Crippen LogP contribution in [0, 0.1) is 0 Å². The Kier molecular flexibility index (Phi) is 4.13. The zero-order chi connectivity index (χ0) is 14.7. The molecule has 0 radical (unpaired) electrons. The quantitative estimate of drug-likeness (QED) is 0.693. The first-order valence-electron chi connectivity index (χ1n) is 6.39. The molecule has 0 atom stereocenters. The van der Waals surface area contributed by atoms with Gasteiger partial charge in [-0.25, -0.2) is 4.68 Å². The third kappa shape index (κ3) is 3.38. The van der Waals surface area contributed by atoms with Crippen molar-refractivity contribution < 1.29 is 4.74 Å². The molecule has 21 heavy (non-hydrogen) atoms. The standard InChI is InChI=1S/C16H12Cl2N2O/c17-13-6-7-15(18)16(8-13)21-11-12-9-19-20(10-12)14-4-2-1-3-5-14/h1-10H,11H2. The fraction of sp³-hybridized carbons (Fsp3) is 0.0625. The molecule has 0 aliphatic heterocycles. The van der Waals surface area contributed by atoms with Crippen molar-refractivity contribution in [3.63, 3.8) is 0 Å². The molecule has 0 saturated carbocycles. The highest BCUT2D eigenvalue weighted by Gasteiger charge is 2.05. The summed E-state index contributed by atoms with van der Waals surface area (Å²) in [4.78, 5) is 0. The molecule has 0 bridgehead atoms. The van der Waals surface area contributed by atoms with Crippen molar-refractivity contribution in [2.24, 2.45) is 0 Å². The highest BCUT2D eigenvalue weighted by molar-refractivity contribution is 6.34. The van der Waals surface area contributed by atoms with Gasteiger partial charge in [-0.1, -0.05) is 41.4 Å². The molecule has 0 amide bonds. The second-order valence-corrected chi connectivity index (χ2v) is 5.34. The Hall–Kier alpha value is -1.97. The summed E-state index contributed by atoms with van der Waals surface area (Å²) in [5.41, 5.74) is 1.96. The van der Waals surface area contributed by atoms with Crippen molar-refractivity contribution >= 4 is 23.2 Å². The van der Waals surface area contributed by atoms with Crippen molar-refractivity contribution in [3.8, 4) is 11.4 Å². The van der Waals surface area contributed by atoms with E-state index in [2.05, 4.69) is 5.10 Å². The van der Waals surface area contributed by atoms with E-state index >= 15 is 0 Å². The lowest BCUT2D eigenvalue weighted by molar-refractivity contribution is 0.306. The maximum Gasteiger partial charge on any atom is 0.139 e. The van der Waals surface area contributed by atoms with E-state index in [1.807, 2.05) is 36.5 Å². The van der Waals surface area contributed by atoms with Gasteiger partial charge in [0, 0.05) is 22.8 Å². The Bertz CT molecular complexity index is 741. The Morgan fingerprint density at radius 3 is 2.67 bits per heavy atom. The van der Waals surface area contributed by atoms with Crippen LogP contribution in [0.4, 0.5) is 0 Å². The minimum Gasteiger partial charge on any atom is -0.487 e. The fourth-order valence-electron chi connectivity index (χ4n) is 1.91. The first kappa shape index (κ1) is 14.0. The molecule has 0 fully saturated rings. The molecule has 3 aromatic rings. The second kappa shape index (κ2) is 6.20. The van der Waals surface area contributed by atoms with Crippen LogP contribution in [0.2, 0.25) is 10.0 Å². The smallest absolute Gasteiger partial charge is 0.139 e. The lowest BCUT2D eigenvalue weighted by Gasteiger charge is -2.06. The van der Waals surface area contributed by atoms with Gasteiger partial charge in [0.05, 0.1) is 16.9 Å². The van der Waals surface area contributed by atoms with Crippen LogP contribution in [0.1, 0.15) is 5.56 Å². The normalized spacial score (nSPS) is 10.6. The van der Waals surface area contributed by atoms with Gasteiger partial charge in [0.25, 0.3) is 0 Å². The Balaban J connectivity index is 1.72. The Morgan fingerprint density at radius 1 is 1.05 bits per heavy atom. The van der Waals surface area contributed by atoms with Gasteiger partial charge in [-0.05, 0) is 24.3 Å². The maximum atomic E-state index is 6.06. The molecule has 0 N–H and O–H groups in total. The van der Waals surface area contributed by atoms with Crippen LogP contribution in [-0.4, -0.2) is 9.78 Å².